The molecule has 9 nitrogen and oxygen atoms in total. The molecule has 6 N–H and O–H groups in total. The number of carbonyl (C=O) groups excluding carboxylic acids is 1. The maximum absolute atomic E-state index is 13.1. The average molecular weight is 1010 g/mol. The summed E-state index contributed by atoms with van der Waals surface area (Å²) in [6, 6.07) is -0.803. The Morgan fingerprint density at radius 2 is 0.789 bits per heavy atom. The van der Waals surface area contributed by atoms with Crippen molar-refractivity contribution in [2.75, 3.05) is 13.2 Å². The molecule has 1 fully saturated rings. The molecule has 1 rings (SSSR count). The summed E-state index contributed by atoms with van der Waals surface area (Å²) >= 11 is 0. The van der Waals surface area contributed by atoms with E-state index in [9.17, 15) is 30.3 Å². The van der Waals surface area contributed by atoms with Crippen molar-refractivity contribution < 1.29 is 39.8 Å². The number of aliphatic hydroxyl groups is 5. The number of amides is 1. The van der Waals surface area contributed by atoms with Crippen molar-refractivity contribution in [3.05, 3.63) is 24.3 Å². The molecule has 0 radical (unpaired) electrons. The first-order valence-corrected chi connectivity index (χ1v) is 31.1. The van der Waals surface area contributed by atoms with Crippen LogP contribution < -0.4 is 5.32 Å². The molecule has 0 aromatic carbocycles. The Morgan fingerprint density at radius 1 is 0.465 bits per heavy atom. The molecule has 0 spiro atoms. The molecular formula is C62H119NO8. The van der Waals surface area contributed by atoms with Gasteiger partial charge in [0.25, 0.3) is 0 Å². The molecule has 7 unspecified atom stereocenters. The van der Waals surface area contributed by atoms with E-state index in [1.165, 1.54) is 250 Å². The van der Waals surface area contributed by atoms with Crippen molar-refractivity contribution in [2.24, 2.45) is 0 Å². The number of rotatable bonds is 54. The molecule has 0 aromatic heterocycles. The molecule has 1 amide bonds. The molecule has 0 bridgehead atoms. The minimum Gasteiger partial charge on any atom is -0.394 e. The summed E-state index contributed by atoms with van der Waals surface area (Å²) in [6.07, 6.45) is 59.8. The Hall–Kier alpha value is -1.33. The highest BCUT2D eigenvalue weighted by Gasteiger charge is 2.44. The minimum absolute atomic E-state index is 0.171. The summed E-state index contributed by atoms with van der Waals surface area (Å²) in [5, 5.41) is 54.5. The van der Waals surface area contributed by atoms with Gasteiger partial charge in [0.05, 0.1) is 25.4 Å². The predicted molar refractivity (Wildman–Crippen MR) is 300 cm³/mol. The second-order valence-electron chi connectivity index (χ2n) is 21.9. The average Bonchev–Trinajstić information content (AvgIpc) is 3.37. The fourth-order valence-corrected chi connectivity index (χ4v) is 10.1. The van der Waals surface area contributed by atoms with Crippen LogP contribution in [0.2, 0.25) is 0 Å². The minimum atomic E-state index is -1.56. The summed E-state index contributed by atoms with van der Waals surface area (Å²) in [4.78, 5) is 13.1. The lowest BCUT2D eigenvalue weighted by Gasteiger charge is -2.40. The van der Waals surface area contributed by atoms with E-state index in [4.69, 9.17) is 9.47 Å². The van der Waals surface area contributed by atoms with Gasteiger partial charge in [-0.15, -0.1) is 0 Å². The van der Waals surface area contributed by atoms with Crippen LogP contribution in [0.4, 0.5) is 0 Å². The molecule has 0 aromatic rings. The van der Waals surface area contributed by atoms with Gasteiger partial charge in [0, 0.05) is 6.42 Å². The number of allylic oxidation sites excluding steroid dienone is 3. The largest absolute Gasteiger partial charge is 0.394 e. The van der Waals surface area contributed by atoms with Gasteiger partial charge in [-0.05, 0) is 44.9 Å². The van der Waals surface area contributed by atoms with Gasteiger partial charge in [0.1, 0.15) is 24.4 Å². The van der Waals surface area contributed by atoms with Crippen molar-refractivity contribution in [2.45, 2.75) is 352 Å². The zero-order valence-electron chi connectivity index (χ0n) is 46.8. The molecule has 0 saturated carbocycles. The second kappa shape index (κ2) is 52.1. The van der Waals surface area contributed by atoms with Gasteiger partial charge >= 0.3 is 0 Å². The fourth-order valence-electron chi connectivity index (χ4n) is 10.1. The number of aliphatic hydroxyl groups excluding tert-OH is 5. The van der Waals surface area contributed by atoms with Gasteiger partial charge in [-0.25, -0.2) is 0 Å². The number of hydrogen-bond donors (Lipinski definition) is 6. The molecule has 9 heteroatoms. The topological polar surface area (TPSA) is 149 Å². The Kier molecular flexibility index (Phi) is 49.7. The van der Waals surface area contributed by atoms with E-state index in [2.05, 4.69) is 31.3 Å². The Labute approximate surface area is 439 Å². The maximum atomic E-state index is 13.1. The van der Waals surface area contributed by atoms with Crippen molar-refractivity contribution in [3.63, 3.8) is 0 Å². The Morgan fingerprint density at radius 3 is 1.14 bits per heavy atom. The van der Waals surface area contributed by atoms with E-state index in [0.29, 0.717) is 6.42 Å². The zero-order chi connectivity index (χ0) is 51.5. The van der Waals surface area contributed by atoms with Crippen LogP contribution in [0.1, 0.15) is 309 Å². The monoisotopic (exact) mass is 1010 g/mol. The van der Waals surface area contributed by atoms with Gasteiger partial charge in [0.2, 0.25) is 5.91 Å². The number of hydrogen-bond acceptors (Lipinski definition) is 8. The first-order chi connectivity index (χ1) is 34.8. The maximum Gasteiger partial charge on any atom is 0.220 e. The lowest BCUT2D eigenvalue weighted by molar-refractivity contribution is -0.302. The third-order valence-corrected chi connectivity index (χ3v) is 15.0. The first-order valence-electron chi connectivity index (χ1n) is 31.1. The molecule has 420 valence electrons. The van der Waals surface area contributed by atoms with Crippen molar-refractivity contribution in [1.82, 2.24) is 5.32 Å². The van der Waals surface area contributed by atoms with Gasteiger partial charge in [-0.2, -0.15) is 0 Å². The van der Waals surface area contributed by atoms with Crippen molar-refractivity contribution >= 4 is 5.91 Å². The van der Waals surface area contributed by atoms with E-state index in [1.54, 1.807) is 6.08 Å². The van der Waals surface area contributed by atoms with Crippen LogP contribution in [-0.2, 0) is 14.3 Å². The summed E-state index contributed by atoms with van der Waals surface area (Å²) in [5.41, 5.74) is 0. The summed E-state index contributed by atoms with van der Waals surface area (Å²) < 4.78 is 11.3. The van der Waals surface area contributed by atoms with Crippen molar-refractivity contribution in [3.8, 4) is 0 Å². The fraction of sp³-hybridized carbons (Fsp3) is 0.919. The molecular weight excluding hydrogens is 887 g/mol. The third kappa shape index (κ3) is 41.6. The molecule has 0 aliphatic carbocycles. The lowest BCUT2D eigenvalue weighted by Crippen LogP contribution is -2.60. The van der Waals surface area contributed by atoms with Gasteiger partial charge in [0.15, 0.2) is 6.29 Å². The van der Waals surface area contributed by atoms with Crippen LogP contribution in [0.25, 0.3) is 0 Å². The summed E-state index contributed by atoms with van der Waals surface area (Å²) in [7, 11) is 0. The SMILES string of the molecule is CCCCCCCCCCCCCC/C=C\CCCCCCCCCCCCCCCCCC(=O)NC(COC1OC(CO)C(O)C(O)C1O)C(O)/C=C/CCCCCCCCCCCCCCCCC. The van der Waals surface area contributed by atoms with Gasteiger partial charge in [-0.3, -0.25) is 4.79 Å². The van der Waals surface area contributed by atoms with Crippen LogP contribution in [0.3, 0.4) is 0 Å². The quantitative estimate of drug-likeness (QED) is 0.0261. The molecule has 7 atom stereocenters. The second-order valence-corrected chi connectivity index (χ2v) is 21.9. The number of unbranched alkanes of at least 4 members (excludes halogenated alkanes) is 42. The molecule has 1 aliphatic rings. The third-order valence-electron chi connectivity index (χ3n) is 15.0. The van der Waals surface area contributed by atoms with E-state index in [-0.39, 0.29) is 12.5 Å². The number of carbonyl (C=O) groups is 1. The lowest BCUT2D eigenvalue weighted by atomic mass is 9.99. The van der Waals surface area contributed by atoms with Crippen LogP contribution in [0.15, 0.2) is 24.3 Å². The number of nitrogens with one attached hydrogen (secondary N) is 1. The smallest absolute Gasteiger partial charge is 0.220 e. The molecule has 71 heavy (non-hydrogen) atoms. The first kappa shape index (κ1) is 67.7. The molecule has 1 heterocycles. The highest BCUT2D eigenvalue weighted by Crippen LogP contribution is 2.23. The van der Waals surface area contributed by atoms with Crippen LogP contribution in [0, 0.1) is 0 Å². The molecule has 1 saturated heterocycles. The van der Waals surface area contributed by atoms with E-state index >= 15 is 0 Å². The highest BCUT2D eigenvalue weighted by atomic mass is 16.7. The Bertz CT molecular complexity index is 1170. The van der Waals surface area contributed by atoms with E-state index in [0.717, 1.165) is 38.5 Å². The van der Waals surface area contributed by atoms with Crippen LogP contribution in [-0.4, -0.2) is 87.5 Å². The van der Waals surface area contributed by atoms with Crippen molar-refractivity contribution in [1.29, 1.82) is 0 Å². The summed E-state index contributed by atoms with van der Waals surface area (Å²) in [5.74, 6) is -0.171. The van der Waals surface area contributed by atoms with Crippen LogP contribution >= 0.6 is 0 Å². The zero-order valence-corrected chi connectivity index (χ0v) is 46.8. The standard InChI is InChI=1S/C62H119NO8/c1-3-5-7-9-11-13-15-17-19-21-22-23-24-25-26-27-28-29-30-31-32-33-34-36-38-40-42-44-46-48-50-52-58(66)63-55(54-70-62-61(69)60(68)59(67)57(53-64)71-62)56(65)51-49-47-45-43-41-39-37-35-20-18-16-14-12-10-8-6-4-2/h25-26,49,51,55-57,59-62,64-65,67-69H,3-24,27-48,50,52-54H2,1-2H3,(H,63,66)/b26-25-,51-49+. The number of ether oxygens (including phenoxy) is 2. The normalized spacial score (nSPS) is 19.3. The van der Waals surface area contributed by atoms with E-state index < -0.39 is 49.5 Å². The molecule has 1 aliphatic heterocycles. The Balaban J connectivity index is 2.14. The van der Waals surface area contributed by atoms with Crippen LogP contribution in [0.5, 0.6) is 0 Å². The van der Waals surface area contributed by atoms with Gasteiger partial charge in [-0.1, -0.05) is 282 Å². The van der Waals surface area contributed by atoms with E-state index in [1.807, 2.05) is 6.08 Å². The predicted octanol–water partition coefficient (Wildman–Crippen LogP) is 15.7. The van der Waals surface area contributed by atoms with Gasteiger partial charge < -0.3 is 40.3 Å². The summed E-state index contributed by atoms with van der Waals surface area (Å²) in [6.45, 7) is 3.82. The highest BCUT2D eigenvalue weighted by molar-refractivity contribution is 5.76.